The third-order valence-electron chi connectivity index (χ3n) is 5.06. The Labute approximate surface area is 185 Å². The van der Waals surface area contributed by atoms with Crippen molar-refractivity contribution in [3.05, 3.63) is 53.6 Å². The minimum absolute atomic E-state index is 0.0862. The molecule has 0 saturated heterocycles. The maximum absolute atomic E-state index is 14.2. The van der Waals surface area contributed by atoms with Crippen molar-refractivity contribution in [3.63, 3.8) is 0 Å². The largest absolute Gasteiger partial charge is 0.494 e. The molecule has 0 spiro atoms. The van der Waals surface area contributed by atoms with Gasteiger partial charge in [0.1, 0.15) is 17.1 Å². The highest BCUT2D eigenvalue weighted by Crippen LogP contribution is 2.31. The van der Waals surface area contributed by atoms with Crippen LogP contribution in [0, 0.1) is 11.6 Å². The number of hydrogen-bond donors (Lipinski definition) is 0. The van der Waals surface area contributed by atoms with E-state index in [2.05, 4.69) is 23.7 Å². The number of benzene rings is 2. The average molecular weight is 448 g/mol. The summed E-state index contributed by atoms with van der Waals surface area (Å²) in [7, 11) is 0. The number of aromatic nitrogens is 1. The fourth-order valence-corrected chi connectivity index (χ4v) is 4.36. The first-order chi connectivity index (χ1) is 14.9. The molecule has 3 aromatic rings. The van der Waals surface area contributed by atoms with Gasteiger partial charge < -0.3 is 9.64 Å². The predicted molar refractivity (Wildman–Crippen MR) is 121 cm³/mol. The maximum Gasteiger partial charge on any atom is 0.233 e. The van der Waals surface area contributed by atoms with E-state index < -0.39 is 11.6 Å². The van der Waals surface area contributed by atoms with Crippen LogP contribution in [0.5, 0.6) is 5.75 Å². The molecule has 31 heavy (non-hydrogen) atoms. The van der Waals surface area contributed by atoms with Crippen molar-refractivity contribution in [2.45, 2.75) is 27.2 Å². The van der Waals surface area contributed by atoms with Gasteiger partial charge in [-0.2, -0.15) is 0 Å². The van der Waals surface area contributed by atoms with Crippen LogP contribution in [0.2, 0.25) is 0 Å². The molecule has 5 nitrogen and oxygen atoms in total. The highest BCUT2D eigenvalue weighted by molar-refractivity contribution is 7.22. The van der Waals surface area contributed by atoms with E-state index in [1.54, 1.807) is 4.90 Å². The van der Waals surface area contributed by atoms with Crippen molar-refractivity contribution in [3.8, 4) is 5.75 Å². The standard InChI is InChI=1S/C23H27F2N3O2S/c1-4-27(5-2)11-12-28(21(29)13-16-7-9-18(10-8-16)30-6-3)23-26-22-19(25)14-17(24)15-20(22)31-23/h7-10,14-15H,4-6,11-13H2,1-3H3. The summed E-state index contributed by atoms with van der Waals surface area (Å²) in [5, 5.41) is 0.377. The zero-order chi connectivity index (χ0) is 22.4. The second-order valence-corrected chi connectivity index (χ2v) is 8.07. The van der Waals surface area contributed by atoms with Crippen LogP contribution in [0.4, 0.5) is 13.9 Å². The van der Waals surface area contributed by atoms with Crippen LogP contribution < -0.4 is 9.64 Å². The van der Waals surface area contributed by atoms with E-state index in [1.807, 2.05) is 31.2 Å². The summed E-state index contributed by atoms with van der Waals surface area (Å²) in [6, 6.07) is 9.45. The Kier molecular flexibility index (Phi) is 7.92. The van der Waals surface area contributed by atoms with Crippen LogP contribution in [-0.4, -0.2) is 48.6 Å². The van der Waals surface area contributed by atoms with Gasteiger partial charge in [0.25, 0.3) is 0 Å². The van der Waals surface area contributed by atoms with Gasteiger partial charge in [-0.3, -0.25) is 9.69 Å². The van der Waals surface area contributed by atoms with E-state index in [1.165, 1.54) is 6.07 Å². The summed E-state index contributed by atoms with van der Waals surface area (Å²) < 4.78 is 33.6. The van der Waals surface area contributed by atoms with Crippen molar-refractivity contribution < 1.29 is 18.3 Å². The fourth-order valence-electron chi connectivity index (χ4n) is 3.31. The van der Waals surface area contributed by atoms with E-state index in [9.17, 15) is 13.6 Å². The molecule has 0 bridgehead atoms. The molecule has 3 rings (SSSR count). The van der Waals surface area contributed by atoms with E-state index in [-0.39, 0.29) is 17.8 Å². The van der Waals surface area contributed by atoms with Gasteiger partial charge >= 0.3 is 0 Å². The molecule has 1 aromatic heterocycles. The molecule has 8 heteroatoms. The summed E-state index contributed by atoms with van der Waals surface area (Å²) in [6.07, 6.45) is 0.178. The molecule has 1 amide bonds. The summed E-state index contributed by atoms with van der Waals surface area (Å²) in [6.45, 7) is 9.41. The zero-order valence-corrected chi connectivity index (χ0v) is 18.8. The number of ether oxygens (including phenoxy) is 1. The lowest BCUT2D eigenvalue weighted by molar-refractivity contribution is -0.118. The van der Waals surface area contributed by atoms with Gasteiger partial charge in [0, 0.05) is 19.2 Å². The Morgan fingerprint density at radius 1 is 1.06 bits per heavy atom. The number of halogens is 2. The molecule has 0 unspecified atom stereocenters. The SMILES string of the molecule is CCOc1ccc(CC(=O)N(CCN(CC)CC)c2nc3c(F)cc(F)cc3s2)cc1. The van der Waals surface area contributed by atoms with Crippen LogP contribution in [0.1, 0.15) is 26.3 Å². The predicted octanol–water partition coefficient (Wildman–Crippen LogP) is 4.89. The normalized spacial score (nSPS) is 11.3. The van der Waals surface area contributed by atoms with Crippen LogP contribution >= 0.6 is 11.3 Å². The molecule has 0 N–H and O–H groups in total. The van der Waals surface area contributed by atoms with Gasteiger partial charge in [-0.1, -0.05) is 37.3 Å². The van der Waals surface area contributed by atoms with Crippen LogP contribution in [0.15, 0.2) is 36.4 Å². The first kappa shape index (κ1) is 23.1. The number of nitrogens with zero attached hydrogens (tertiary/aromatic N) is 3. The van der Waals surface area contributed by atoms with Crippen molar-refractivity contribution in [1.82, 2.24) is 9.88 Å². The first-order valence-electron chi connectivity index (χ1n) is 10.4. The lowest BCUT2D eigenvalue weighted by Crippen LogP contribution is -2.39. The molecule has 1 heterocycles. The molecular weight excluding hydrogens is 420 g/mol. The summed E-state index contributed by atoms with van der Waals surface area (Å²) >= 11 is 1.12. The topological polar surface area (TPSA) is 45.7 Å². The highest BCUT2D eigenvalue weighted by atomic mass is 32.1. The number of likely N-dealkylation sites (N-methyl/N-ethyl adjacent to an activating group) is 1. The average Bonchev–Trinajstić information content (AvgIpc) is 3.16. The van der Waals surface area contributed by atoms with E-state index >= 15 is 0 Å². The highest BCUT2D eigenvalue weighted by Gasteiger charge is 2.22. The number of amides is 1. The Morgan fingerprint density at radius 3 is 2.42 bits per heavy atom. The molecule has 0 saturated carbocycles. The maximum atomic E-state index is 14.2. The van der Waals surface area contributed by atoms with E-state index in [4.69, 9.17) is 4.74 Å². The van der Waals surface area contributed by atoms with Gasteiger partial charge in [0.05, 0.1) is 17.7 Å². The third kappa shape index (κ3) is 5.77. The smallest absolute Gasteiger partial charge is 0.233 e. The zero-order valence-electron chi connectivity index (χ0n) is 18.0. The van der Waals surface area contributed by atoms with Gasteiger partial charge in [-0.05, 0) is 43.8 Å². The van der Waals surface area contributed by atoms with E-state index in [0.717, 1.165) is 41.8 Å². The molecule has 0 aliphatic carbocycles. The second kappa shape index (κ2) is 10.6. The molecule has 2 aromatic carbocycles. The third-order valence-corrected chi connectivity index (χ3v) is 6.08. The summed E-state index contributed by atoms with van der Waals surface area (Å²) in [5.41, 5.74) is 0.933. The lowest BCUT2D eigenvalue weighted by Gasteiger charge is -2.24. The Bertz CT molecular complexity index is 1020. The molecule has 0 aliphatic rings. The first-order valence-corrected chi connectivity index (χ1v) is 11.3. The Balaban J connectivity index is 1.86. The van der Waals surface area contributed by atoms with Crippen LogP contribution in [0.3, 0.4) is 0 Å². The quantitative estimate of drug-likeness (QED) is 0.444. The number of hydrogen-bond acceptors (Lipinski definition) is 5. The monoisotopic (exact) mass is 447 g/mol. The van der Waals surface area contributed by atoms with Gasteiger partial charge in [0.15, 0.2) is 10.9 Å². The molecule has 0 atom stereocenters. The summed E-state index contributed by atoms with van der Waals surface area (Å²) in [4.78, 5) is 21.3. The molecule has 0 fully saturated rings. The van der Waals surface area contributed by atoms with Crippen molar-refractivity contribution in [2.24, 2.45) is 0 Å². The van der Waals surface area contributed by atoms with E-state index in [0.29, 0.717) is 29.5 Å². The number of anilines is 1. The molecular formula is C23H27F2N3O2S. The van der Waals surface area contributed by atoms with Gasteiger partial charge in [-0.15, -0.1) is 0 Å². The van der Waals surface area contributed by atoms with Gasteiger partial charge in [-0.25, -0.2) is 13.8 Å². The van der Waals surface area contributed by atoms with Crippen LogP contribution in [-0.2, 0) is 11.2 Å². The number of carbonyl (C=O) groups is 1. The second-order valence-electron chi connectivity index (χ2n) is 7.06. The molecule has 0 aliphatic heterocycles. The molecule has 166 valence electrons. The minimum Gasteiger partial charge on any atom is -0.494 e. The summed E-state index contributed by atoms with van der Waals surface area (Å²) in [5.74, 6) is -0.771. The Hall–Kier alpha value is -2.58. The van der Waals surface area contributed by atoms with Crippen molar-refractivity contribution >= 4 is 32.6 Å². The van der Waals surface area contributed by atoms with Crippen molar-refractivity contribution in [2.75, 3.05) is 37.7 Å². The Morgan fingerprint density at radius 2 is 1.77 bits per heavy atom. The number of carbonyl (C=O) groups excluding carboxylic acids is 1. The van der Waals surface area contributed by atoms with Crippen molar-refractivity contribution in [1.29, 1.82) is 0 Å². The van der Waals surface area contributed by atoms with Crippen LogP contribution in [0.25, 0.3) is 10.2 Å². The minimum atomic E-state index is -0.722. The fraction of sp³-hybridized carbons (Fsp3) is 0.391. The number of fused-ring (bicyclic) bond motifs is 1. The number of thiazole rings is 1. The van der Waals surface area contributed by atoms with Gasteiger partial charge in [0.2, 0.25) is 5.91 Å². The number of rotatable bonds is 10. The lowest BCUT2D eigenvalue weighted by atomic mass is 10.1. The molecule has 0 radical (unpaired) electrons.